The molecule has 0 aliphatic heterocycles. The molecule has 1 amide bonds. The molecule has 3 aromatic carbocycles. The van der Waals surface area contributed by atoms with E-state index in [2.05, 4.69) is 26.1 Å². The normalized spacial score (nSPS) is 11.0. The van der Waals surface area contributed by atoms with Gasteiger partial charge in [-0.3, -0.25) is 4.79 Å². The maximum Gasteiger partial charge on any atom is 0.264 e. The summed E-state index contributed by atoms with van der Waals surface area (Å²) < 4.78 is 27.5. The Hall–Kier alpha value is -5.05. The summed E-state index contributed by atoms with van der Waals surface area (Å²) in [5.41, 5.74) is 5.40. The van der Waals surface area contributed by atoms with Crippen LogP contribution in [0.5, 0.6) is 0 Å². The van der Waals surface area contributed by atoms with E-state index >= 15 is 0 Å². The number of thioether (sulfide) groups is 1. The fourth-order valence-electron chi connectivity index (χ4n) is 4.16. The first-order valence-electron chi connectivity index (χ1n) is 13.2. The van der Waals surface area contributed by atoms with E-state index < -0.39 is 10.0 Å². The SMILES string of the molecule is Cc1ccc(-c2cc(-c3ccccc3)nc(SCCC(=O)Nc3ccc(S(=O)(=O)Nc4ncccn4)cc3)c2C#N)cc1. The lowest BCUT2D eigenvalue weighted by molar-refractivity contribution is -0.115. The van der Waals surface area contributed by atoms with Crippen molar-refractivity contribution < 1.29 is 13.2 Å². The van der Waals surface area contributed by atoms with Crippen molar-refractivity contribution in [2.45, 2.75) is 23.3 Å². The Morgan fingerprint density at radius 1 is 0.907 bits per heavy atom. The number of aryl methyl sites for hydroxylation is 1. The molecule has 5 rings (SSSR count). The van der Waals surface area contributed by atoms with Gasteiger partial charge in [-0.15, -0.1) is 11.8 Å². The number of rotatable bonds is 10. The quantitative estimate of drug-likeness (QED) is 0.177. The lowest BCUT2D eigenvalue weighted by atomic mass is 9.98. The summed E-state index contributed by atoms with van der Waals surface area (Å²) in [6.45, 7) is 2.01. The van der Waals surface area contributed by atoms with Gasteiger partial charge in [0.2, 0.25) is 11.9 Å². The van der Waals surface area contributed by atoms with E-state index in [-0.39, 0.29) is 23.2 Å². The van der Waals surface area contributed by atoms with E-state index in [0.717, 1.165) is 27.9 Å². The van der Waals surface area contributed by atoms with Gasteiger partial charge in [0.15, 0.2) is 0 Å². The van der Waals surface area contributed by atoms with E-state index in [1.165, 1.54) is 48.4 Å². The van der Waals surface area contributed by atoms with Gasteiger partial charge in [0, 0.05) is 41.4 Å². The Morgan fingerprint density at radius 2 is 1.60 bits per heavy atom. The fraction of sp³-hybridized carbons (Fsp3) is 0.0938. The first-order valence-corrected chi connectivity index (χ1v) is 15.7. The highest BCUT2D eigenvalue weighted by Crippen LogP contribution is 2.34. The maximum atomic E-state index is 12.7. The van der Waals surface area contributed by atoms with Crippen molar-refractivity contribution in [1.82, 2.24) is 15.0 Å². The Labute approximate surface area is 254 Å². The van der Waals surface area contributed by atoms with Gasteiger partial charge in [0.25, 0.3) is 10.0 Å². The van der Waals surface area contributed by atoms with Crippen LogP contribution in [0, 0.1) is 18.3 Å². The second kappa shape index (κ2) is 13.3. The van der Waals surface area contributed by atoms with Crippen molar-refractivity contribution in [3.8, 4) is 28.5 Å². The molecule has 2 aromatic heterocycles. The number of carbonyl (C=O) groups excluding carboxylic acids is 1. The van der Waals surface area contributed by atoms with Crippen molar-refractivity contribution in [3.63, 3.8) is 0 Å². The number of anilines is 2. The first kappa shape index (κ1) is 29.4. The van der Waals surface area contributed by atoms with Crippen molar-refractivity contribution in [3.05, 3.63) is 115 Å². The van der Waals surface area contributed by atoms with Crippen LogP contribution in [0.3, 0.4) is 0 Å². The summed E-state index contributed by atoms with van der Waals surface area (Å²) in [5.74, 6) is 0.0918. The molecule has 2 N–H and O–H groups in total. The van der Waals surface area contributed by atoms with Crippen LogP contribution < -0.4 is 10.0 Å². The lowest BCUT2D eigenvalue weighted by Crippen LogP contribution is -2.15. The van der Waals surface area contributed by atoms with E-state index in [4.69, 9.17) is 4.98 Å². The van der Waals surface area contributed by atoms with E-state index in [9.17, 15) is 18.5 Å². The average Bonchev–Trinajstić information content (AvgIpc) is 3.02. The lowest BCUT2D eigenvalue weighted by Gasteiger charge is -2.13. The number of nitriles is 1. The number of amides is 1. The number of hydrogen-bond donors (Lipinski definition) is 2. The minimum absolute atomic E-state index is 0.00583. The summed E-state index contributed by atoms with van der Waals surface area (Å²) in [6, 6.07) is 29.4. The number of nitrogens with one attached hydrogen (secondary N) is 2. The molecule has 0 atom stereocenters. The number of sulfonamides is 1. The number of hydrogen-bond acceptors (Lipinski definition) is 8. The molecule has 11 heteroatoms. The van der Waals surface area contributed by atoms with Crippen LogP contribution >= 0.6 is 11.8 Å². The first-order chi connectivity index (χ1) is 20.8. The van der Waals surface area contributed by atoms with Gasteiger partial charge >= 0.3 is 0 Å². The van der Waals surface area contributed by atoms with Crippen molar-refractivity contribution in [2.24, 2.45) is 0 Å². The van der Waals surface area contributed by atoms with Gasteiger partial charge in [-0.05, 0) is 48.9 Å². The molecule has 0 bridgehead atoms. The molecular weight excluding hydrogens is 581 g/mol. The van der Waals surface area contributed by atoms with E-state index in [1.54, 1.807) is 6.07 Å². The van der Waals surface area contributed by atoms with Crippen LogP contribution in [0.15, 0.2) is 113 Å². The maximum absolute atomic E-state index is 12.7. The van der Waals surface area contributed by atoms with Crippen LogP contribution in [0.2, 0.25) is 0 Å². The zero-order valence-corrected chi connectivity index (χ0v) is 24.7. The average molecular weight is 607 g/mol. The number of aromatic nitrogens is 3. The van der Waals surface area contributed by atoms with Gasteiger partial charge in [-0.1, -0.05) is 60.2 Å². The third kappa shape index (κ3) is 7.43. The van der Waals surface area contributed by atoms with Gasteiger partial charge in [-0.25, -0.2) is 28.1 Å². The molecule has 0 saturated carbocycles. The molecule has 0 spiro atoms. The van der Waals surface area contributed by atoms with Crippen LogP contribution in [0.25, 0.3) is 22.4 Å². The summed E-state index contributed by atoms with van der Waals surface area (Å²) in [6.07, 6.45) is 3.02. The predicted molar refractivity (Wildman–Crippen MR) is 168 cm³/mol. The van der Waals surface area contributed by atoms with Crippen LogP contribution in [0.1, 0.15) is 17.5 Å². The van der Waals surface area contributed by atoms with E-state index in [1.807, 2.05) is 67.6 Å². The molecule has 0 saturated heterocycles. The highest BCUT2D eigenvalue weighted by molar-refractivity contribution is 7.99. The van der Waals surface area contributed by atoms with Gasteiger partial charge in [0.1, 0.15) is 11.1 Å². The Morgan fingerprint density at radius 3 is 2.28 bits per heavy atom. The highest BCUT2D eigenvalue weighted by Gasteiger charge is 2.18. The minimum Gasteiger partial charge on any atom is -0.326 e. The fourth-order valence-corrected chi connectivity index (χ4v) is 6.07. The molecule has 0 aliphatic carbocycles. The molecule has 0 radical (unpaired) electrons. The molecule has 5 aromatic rings. The largest absolute Gasteiger partial charge is 0.326 e. The van der Waals surface area contributed by atoms with Crippen molar-refractivity contribution in [1.29, 1.82) is 5.26 Å². The van der Waals surface area contributed by atoms with Gasteiger partial charge in [-0.2, -0.15) is 5.26 Å². The smallest absolute Gasteiger partial charge is 0.264 e. The number of carbonyl (C=O) groups is 1. The zero-order valence-electron chi connectivity index (χ0n) is 23.1. The zero-order chi connectivity index (χ0) is 30.2. The number of nitrogens with zero attached hydrogens (tertiary/aromatic N) is 4. The molecule has 43 heavy (non-hydrogen) atoms. The topological polar surface area (TPSA) is 138 Å². The monoisotopic (exact) mass is 606 g/mol. The second-order valence-electron chi connectivity index (χ2n) is 9.43. The Kier molecular flexibility index (Phi) is 9.10. The highest BCUT2D eigenvalue weighted by atomic mass is 32.2. The molecular formula is C32H26N6O3S2. The summed E-state index contributed by atoms with van der Waals surface area (Å²) in [5, 5.41) is 13.4. The van der Waals surface area contributed by atoms with Crippen molar-refractivity contribution in [2.75, 3.05) is 15.8 Å². The molecule has 0 aliphatic rings. The number of pyridine rings is 1. The third-order valence-corrected chi connectivity index (χ3v) is 8.66. The second-order valence-corrected chi connectivity index (χ2v) is 12.2. The molecule has 214 valence electrons. The minimum atomic E-state index is -3.88. The van der Waals surface area contributed by atoms with Crippen LogP contribution in [-0.2, 0) is 14.8 Å². The summed E-state index contributed by atoms with van der Waals surface area (Å²) in [4.78, 5) is 25.3. The van der Waals surface area contributed by atoms with E-state index in [0.29, 0.717) is 22.0 Å². The van der Waals surface area contributed by atoms with Crippen LogP contribution in [-0.4, -0.2) is 35.0 Å². The summed E-state index contributed by atoms with van der Waals surface area (Å²) >= 11 is 1.34. The van der Waals surface area contributed by atoms with Crippen molar-refractivity contribution >= 4 is 39.3 Å². The molecule has 0 fully saturated rings. The standard InChI is InChI=1S/C32H26N6O3S2/c1-22-8-10-23(11-9-22)27-20-29(24-6-3-2-4-7-24)37-31(28(27)21-33)42-19-16-30(39)36-25-12-14-26(15-13-25)43(40,41)38-32-34-17-5-18-35-32/h2-15,17-18,20H,16,19H2,1H3,(H,36,39)(H,34,35,38). The molecule has 2 heterocycles. The molecule has 0 unspecified atom stereocenters. The molecule has 9 nitrogen and oxygen atoms in total. The third-order valence-electron chi connectivity index (χ3n) is 6.34. The Balaban J connectivity index is 1.27. The predicted octanol–water partition coefficient (Wildman–Crippen LogP) is 6.31. The van der Waals surface area contributed by atoms with Crippen LogP contribution in [0.4, 0.5) is 11.6 Å². The summed E-state index contributed by atoms with van der Waals surface area (Å²) in [7, 11) is -3.88. The number of benzene rings is 3. The van der Waals surface area contributed by atoms with Gasteiger partial charge < -0.3 is 5.32 Å². The van der Waals surface area contributed by atoms with Gasteiger partial charge in [0.05, 0.1) is 16.2 Å². The Bertz CT molecular complexity index is 1880.